The zero-order chi connectivity index (χ0) is 4.24. The van der Waals surface area contributed by atoms with Gasteiger partial charge in [0, 0.05) is 0 Å². The van der Waals surface area contributed by atoms with Crippen LogP contribution >= 0.6 is 0 Å². The van der Waals surface area contributed by atoms with Gasteiger partial charge in [-0.25, -0.2) is 0 Å². The van der Waals surface area contributed by atoms with Crippen LogP contribution in [0.1, 0.15) is 0 Å². The van der Waals surface area contributed by atoms with Crippen molar-refractivity contribution in [2.75, 3.05) is 0 Å². The Morgan fingerprint density at radius 1 is 1.67 bits per heavy atom. The van der Waals surface area contributed by atoms with Crippen LogP contribution in [0.3, 0.4) is 0 Å². The number of hydrogen-bond acceptors (Lipinski definition) is 4. The molecule has 0 amide bonds. The molecule has 0 unspecified atom stereocenters. The third-order valence-corrected chi connectivity index (χ3v) is 0.358. The monoisotopic (exact) mass is 83.0 g/mol. The van der Waals surface area contributed by atoms with Crippen molar-refractivity contribution in [3.8, 4) is 0 Å². The number of rotatable bonds is 0. The first-order chi connectivity index (χ1) is 3.00. The van der Waals surface area contributed by atoms with Crippen LogP contribution in [-0.2, 0) is 0 Å². The Morgan fingerprint density at radius 2 is 2.67 bits per heavy atom. The minimum Gasteiger partial charge on any atom is -0.287 e. The van der Waals surface area contributed by atoms with Crippen LogP contribution in [0.15, 0.2) is 10.2 Å². The Labute approximate surface area is 34.9 Å². The lowest BCUT2D eigenvalue weighted by Gasteiger charge is -1.95. The quantitative estimate of drug-likeness (QED) is 0.392. The van der Waals surface area contributed by atoms with E-state index in [4.69, 9.17) is 0 Å². The Morgan fingerprint density at radius 3 is 2.83 bits per heavy atom. The maximum Gasteiger partial charge on any atom is 0.213 e. The minimum absolute atomic E-state index is 1.43. The van der Waals surface area contributed by atoms with Crippen molar-refractivity contribution in [2.24, 2.45) is 10.2 Å². The highest BCUT2D eigenvalue weighted by Crippen LogP contribution is 1.62. The van der Waals surface area contributed by atoms with E-state index >= 15 is 0 Å². The number of hydrogen-bond donors (Lipinski definition) is 2. The molecule has 0 fully saturated rings. The zero-order valence-electron chi connectivity index (χ0n) is 2.97. The molecule has 0 saturated heterocycles. The normalized spacial score (nSPS) is 16.0. The van der Waals surface area contributed by atoms with Gasteiger partial charge in [-0.15, -0.1) is 10.2 Å². The molecule has 4 heteroatoms. The molecule has 0 aliphatic carbocycles. The van der Waals surface area contributed by atoms with E-state index in [1.165, 1.54) is 6.34 Å². The van der Waals surface area contributed by atoms with Crippen molar-refractivity contribution < 1.29 is 0 Å². The largest absolute Gasteiger partial charge is 0.287 e. The number of nitrogens with one attached hydrogen (secondary N) is 2. The summed E-state index contributed by atoms with van der Waals surface area (Å²) in [7, 11) is 0. The smallest absolute Gasteiger partial charge is 0.213 e. The molecule has 1 heterocycles. The molecule has 0 aromatic heterocycles. The lowest BCUT2D eigenvalue weighted by atomic mass is 11.2. The van der Waals surface area contributed by atoms with Crippen molar-refractivity contribution in [1.29, 1.82) is 0 Å². The van der Waals surface area contributed by atoms with E-state index in [-0.39, 0.29) is 0 Å². The summed E-state index contributed by atoms with van der Waals surface area (Å²) in [4.78, 5) is 0. The highest BCUT2D eigenvalue weighted by molar-refractivity contribution is 5.64. The van der Waals surface area contributed by atoms with Crippen molar-refractivity contribution in [3.05, 3.63) is 0 Å². The van der Waals surface area contributed by atoms with E-state index in [9.17, 15) is 0 Å². The summed E-state index contributed by atoms with van der Waals surface area (Å²) in [6.45, 7) is 0. The van der Waals surface area contributed by atoms with Crippen molar-refractivity contribution in [1.82, 2.24) is 10.9 Å². The fourth-order valence-corrected chi connectivity index (χ4v) is 0.176. The van der Waals surface area contributed by atoms with Gasteiger partial charge in [-0.2, -0.15) is 0 Å². The minimum atomic E-state index is 1.43. The molecule has 2 N–H and O–H groups in total. The second-order valence-electron chi connectivity index (χ2n) is 0.726. The van der Waals surface area contributed by atoms with Gasteiger partial charge in [-0.3, -0.25) is 10.9 Å². The van der Waals surface area contributed by atoms with Crippen molar-refractivity contribution >= 4 is 12.7 Å². The summed E-state index contributed by atoms with van der Waals surface area (Å²) >= 11 is 0. The molecular formula is C2H3N4. The van der Waals surface area contributed by atoms with Crippen LogP contribution < -0.4 is 10.9 Å². The summed E-state index contributed by atoms with van der Waals surface area (Å²) < 4.78 is 0. The van der Waals surface area contributed by atoms with E-state index in [0.29, 0.717) is 0 Å². The number of nitrogens with zero attached hydrogens (tertiary/aromatic N) is 2. The highest BCUT2D eigenvalue weighted by atomic mass is 15.4. The third kappa shape index (κ3) is 0.453. The van der Waals surface area contributed by atoms with Crippen LogP contribution in [0.2, 0.25) is 0 Å². The standard InChI is InChI=1S/C2H3N4/c1-3-5-2-6-4-1/h1H,(H,3,4)(H,5,6). The second-order valence-corrected chi connectivity index (χ2v) is 0.726. The molecule has 0 saturated carbocycles. The van der Waals surface area contributed by atoms with Crippen molar-refractivity contribution in [2.45, 2.75) is 0 Å². The molecule has 1 aliphatic rings. The van der Waals surface area contributed by atoms with Crippen LogP contribution in [-0.4, -0.2) is 12.7 Å². The van der Waals surface area contributed by atoms with E-state index in [1.807, 2.05) is 0 Å². The van der Waals surface area contributed by atoms with Gasteiger partial charge in [0.15, 0.2) is 0 Å². The molecule has 4 nitrogen and oxygen atoms in total. The van der Waals surface area contributed by atoms with E-state index in [2.05, 4.69) is 27.4 Å². The van der Waals surface area contributed by atoms with Crippen LogP contribution in [0.5, 0.6) is 0 Å². The fourth-order valence-electron chi connectivity index (χ4n) is 0.176. The van der Waals surface area contributed by atoms with E-state index in [1.54, 1.807) is 0 Å². The average Bonchev–Trinajstić information content (AvgIpc) is 1.72. The highest BCUT2D eigenvalue weighted by Gasteiger charge is 1.74. The van der Waals surface area contributed by atoms with Crippen LogP contribution in [0.25, 0.3) is 0 Å². The van der Waals surface area contributed by atoms with Gasteiger partial charge in [0.1, 0.15) is 6.34 Å². The van der Waals surface area contributed by atoms with Gasteiger partial charge in [-0.05, 0) is 0 Å². The summed E-state index contributed by atoms with van der Waals surface area (Å²) in [6.07, 6.45) is 3.78. The van der Waals surface area contributed by atoms with Crippen molar-refractivity contribution in [3.63, 3.8) is 0 Å². The lowest BCUT2D eigenvalue weighted by molar-refractivity contribution is 0.866. The summed E-state index contributed by atoms with van der Waals surface area (Å²) in [5.41, 5.74) is 5.01. The molecular weight excluding hydrogens is 80.1 g/mol. The second kappa shape index (κ2) is 1.40. The molecule has 0 atom stereocenters. The summed E-state index contributed by atoms with van der Waals surface area (Å²) in [6, 6.07) is 0. The topological polar surface area (TPSA) is 48.8 Å². The molecule has 6 heavy (non-hydrogen) atoms. The average molecular weight is 83.1 g/mol. The SMILES string of the molecule is [C]1=NN=CNN1. The van der Waals surface area contributed by atoms with Gasteiger partial charge < -0.3 is 0 Å². The van der Waals surface area contributed by atoms with Crippen LogP contribution in [0.4, 0.5) is 0 Å². The van der Waals surface area contributed by atoms with E-state index in [0.717, 1.165) is 0 Å². The molecule has 0 bridgehead atoms. The first-order valence-electron chi connectivity index (χ1n) is 1.47. The predicted molar refractivity (Wildman–Crippen MR) is 22.2 cm³/mol. The maximum absolute atomic E-state index is 3.39. The zero-order valence-corrected chi connectivity index (χ0v) is 2.97. The summed E-state index contributed by atoms with van der Waals surface area (Å²) in [5.74, 6) is 0. The fraction of sp³-hybridized carbons (Fsp3) is 0. The maximum atomic E-state index is 3.39. The molecule has 1 rings (SSSR count). The Kier molecular flexibility index (Phi) is 0.731. The predicted octanol–water partition coefficient (Wildman–Crippen LogP) is -1.06. The molecule has 1 radical (unpaired) electrons. The Hall–Kier alpha value is -1.06. The van der Waals surface area contributed by atoms with Crippen LogP contribution in [0, 0.1) is 0 Å². The van der Waals surface area contributed by atoms with E-state index < -0.39 is 0 Å². The molecule has 1 aliphatic heterocycles. The first kappa shape index (κ1) is 3.14. The summed E-state index contributed by atoms with van der Waals surface area (Å²) in [5, 5.41) is 6.72. The van der Waals surface area contributed by atoms with Gasteiger partial charge in [0.2, 0.25) is 6.34 Å². The van der Waals surface area contributed by atoms with Gasteiger partial charge in [-0.1, -0.05) is 0 Å². The van der Waals surface area contributed by atoms with Gasteiger partial charge >= 0.3 is 0 Å². The molecule has 0 aromatic rings. The third-order valence-electron chi connectivity index (χ3n) is 0.358. The Balaban J connectivity index is 2.46. The van der Waals surface area contributed by atoms with Gasteiger partial charge in [0.25, 0.3) is 0 Å². The van der Waals surface area contributed by atoms with Gasteiger partial charge in [0.05, 0.1) is 0 Å². The molecule has 0 aromatic carbocycles. The molecule has 0 spiro atoms. The first-order valence-corrected chi connectivity index (χ1v) is 1.47. The number of hydrazine groups is 1. The Bertz CT molecular complexity index is 71.5. The lowest BCUT2D eigenvalue weighted by Crippen LogP contribution is -2.30. The molecule has 31 valence electrons.